The molecule has 5 nitrogen and oxygen atoms in total. The number of rotatable bonds is 4. The minimum atomic E-state index is -0.511. The first-order valence-corrected chi connectivity index (χ1v) is 7.97. The molecule has 1 fully saturated rings. The van der Waals surface area contributed by atoms with Gasteiger partial charge in [-0.2, -0.15) is 0 Å². The summed E-state index contributed by atoms with van der Waals surface area (Å²) in [5.74, 6) is -0.511. The molecule has 2 heterocycles. The van der Waals surface area contributed by atoms with Crippen molar-refractivity contribution in [2.45, 2.75) is 25.4 Å². The summed E-state index contributed by atoms with van der Waals surface area (Å²) in [5.41, 5.74) is 1.59. The Morgan fingerprint density at radius 1 is 1.38 bits per heavy atom. The zero-order valence-corrected chi connectivity index (χ0v) is 13.3. The normalized spacial score (nSPS) is 14.2. The number of carbonyl (C=O) groups is 1. The third-order valence-electron chi connectivity index (χ3n) is 4.24. The Morgan fingerprint density at radius 3 is 2.83 bits per heavy atom. The van der Waals surface area contributed by atoms with Gasteiger partial charge in [-0.15, -0.1) is 0 Å². The zero-order chi connectivity index (χ0) is 16.8. The first-order valence-electron chi connectivity index (χ1n) is 7.59. The first-order chi connectivity index (χ1) is 11.6. The summed E-state index contributed by atoms with van der Waals surface area (Å²) < 4.78 is 16.7. The molecule has 0 N–H and O–H groups in total. The molecular weight excluding hydrogens is 333 g/mol. The number of hydrogen-bond donors (Lipinski definition) is 0. The minimum Gasteiger partial charge on any atom is -0.329 e. The van der Waals surface area contributed by atoms with Crippen molar-refractivity contribution in [3.05, 3.63) is 51.9 Å². The average molecular weight is 346 g/mol. The van der Waals surface area contributed by atoms with Crippen LogP contribution < -0.4 is 5.56 Å². The molecule has 1 aliphatic carbocycles. The first kappa shape index (κ1) is 15.1. The third-order valence-corrected chi connectivity index (χ3v) is 4.53. The Hall–Kier alpha value is -2.47. The molecule has 4 rings (SSSR count). The van der Waals surface area contributed by atoms with Gasteiger partial charge in [0.2, 0.25) is 0 Å². The van der Waals surface area contributed by atoms with Crippen molar-refractivity contribution in [2.24, 2.45) is 0 Å². The maximum Gasteiger partial charge on any atom is 0.263 e. The van der Waals surface area contributed by atoms with E-state index < -0.39 is 5.82 Å². The van der Waals surface area contributed by atoms with Crippen LogP contribution in [-0.4, -0.2) is 20.4 Å². The number of carbonyl (C=O) groups excluding carboxylic acids is 1. The largest absolute Gasteiger partial charge is 0.329 e. The highest BCUT2D eigenvalue weighted by molar-refractivity contribution is 6.31. The highest BCUT2D eigenvalue weighted by atomic mass is 35.5. The lowest BCUT2D eigenvalue weighted by Crippen LogP contribution is -2.21. The molecule has 0 spiro atoms. The smallest absolute Gasteiger partial charge is 0.263 e. The van der Waals surface area contributed by atoms with Gasteiger partial charge in [-0.1, -0.05) is 17.7 Å². The molecule has 1 saturated carbocycles. The molecule has 0 saturated heterocycles. The fraction of sp³-hybridized carbons (Fsp3) is 0.235. The average Bonchev–Trinajstić information content (AvgIpc) is 3.33. The van der Waals surface area contributed by atoms with Gasteiger partial charge in [0.25, 0.3) is 5.56 Å². The Morgan fingerprint density at radius 2 is 2.17 bits per heavy atom. The number of benzene rings is 1. The second-order valence-corrected chi connectivity index (χ2v) is 6.28. The minimum absolute atomic E-state index is 0.00284. The molecule has 122 valence electrons. The van der Waals surface area contributed by atoms with Gasteiger partial charge < -0.3 is 9.36 Å². The van der Waals surface area contributed by atoms with E-state index in [9.17, 15) is 14.0 Å². The van der Waals surface area contributed by atoms with E-state index in [2.05, 4.69) is 4.98 Å². The summed E-state index contributed by atoms with van der Waals surface area (Å²) in [6, 6.07) is 4.69. The quantitative estimate of drug-likeness (QED) is 0.682. The van der Waals surface area contributed by atoms with Gasteiger partial charge in [-0.05, 0) is 30.5 Å². The summed E-state index contributed by atoms with van der Waals surface area (Å²) in [6.45, 7) is -0.0556. The van der Waals surface area contributed by atoms with E-state index >= 15 is 0 Å². The van der Waals surface area contributed by atoms with Gasteiger partial charge >= 0.3 is 0 Å². The third kappa shape index (κ3) is 2.34. The fourth-order valence-electron chi connectivity index (χ4n) is 2.90. The van der Waals surface area contributed by atoms with Gasteiger partial charge in [0.15, 0.2) is 0 Å². The Bertz CT molecular complexity index is 1020. The summed E-state index contributed by atoms with van der Waals surface area (Å²) in [7, 11) is 0. The van der Waals surface area contributed by atoms with Crippen molar-refractivity contribution in [3.63, 3.8) is 0 Å². The Kier molecular flexibility index (Phi) is 3.49. The Balaban J connectivity index is 2.02. The number of halogens is 2. The molecule has 2 aromatic heterocycles. The van der Waals surface area contributed by atoms with Gasteiger partial charge in [0.1, 0.15) is 24.1 Å². The van der Waals surface area contributed by atoms with Crippen LogP contribution in [0.1, 0.15) is 18.9 Å². The molecule has 0 atom stereocenters. The van der Waals surface area contributed by atoms with Crippen LogP contribution >= 0.6 is 11.6 Å². The van der Waals surface area contributed by atoms with E-state index in [0.29, 0.717) is 34.5 Å². The van der Waals surface area contributed by atoms with Crippen LogP contribution in [0.5, 0.6) is 0 Å². The lowest BCUT2D eigenvalue weighted by atomic mass is 10.1. The SMILES string of the molecule is O=CCn1cnc2c(c(-c3ccc(F)c(Cl)c3)cn2C2CC2)c1=O. The predicted octanol–water partition coefficient (Wildman–Crippen LogP) is 3.19. The van der Waals surface area contributed by atoms with E-state index in [0.717, 1.165) is 12.8 Å². The molecule has 0 radical (unpaired) electrons. The predicted molar refractivity (Wildman–Crippen MR) is 88.7 cm³/mol. The van der Waals surface area contributed by atoms with E-state index in [1.807, 2.05) is 10.8 Å². The Labute approximate surface area is 141 Å². The van der Waals surface area contributed by atoms with Crippen molar-refractivity contribution < 1.29 is 9.18 Å². The van der Waals surface area contributed by atoms with Gasteiger partial charge in [-0.25, -0.2) is 9.37 Å². The molecule has 7 heteroatoms. The standard InChI is InChI=1S/C17H13ClFN3O2/c18-13-7-10(1-4-14(13)19)12-8-22(11-2-3-11)16-15(12)17(24)21(5-6-23)9-20-16/h1,4,6-9,11H,2-3,5H2. The lowest BCUT2D eigenvalue weighted by Gasteiger charge is -2.04. The van der Waals surface area contributed by atoms with Crippen LogP contribution in [0, 0.1) is 5.82 Å². The van der Waals surface area contributed by atoms with E-state index in [1.54, 1.807) is 6.07 Å². The topological polar surface area (TPSA) is 56.9 Å². The van der Waals surface area contributed by atoms with Crippen LogP contribution in [-0.2, 0) is 11.3 Å². The van der Waals surface area contributed by atoms with Crippen LogP contribution in [0.15, 0.2) is 35.5 Å². The monoisotopic (exact) mass is 345 g/mol. The number of fused-ring (bicyclic) bond motifs is 1. The second-order valence-electron chi connectivity index (χ2n) is 5.88. The molecule has 0 bridgehead atoms. The highest BCUT2D eigenvalue weighted by Crippen LogP contribution is 2.40. The van der Waals surface area contributed by atoms with Crippen LogP contribution in [0.25, 0.3) is 22.2 Å². The van der Waals surface area contributed by atoms with E-state index in [1.165, 1.54) is 23.0 Å². The fourth-order valence-corrected chi connectivity index (χ4v) is 3.08. The van der Waals surface area contributed by atoms with Crippen molar-refractivity contribution >= 4 is 28.9 Å². The maximum atomic E-state index is 13.5. The number of aldehydes is 1. The van der Waals surface area contributed by atoms with Crippen LogP contribution in [0.2, 0.25) is 5.02 Å². The second kappa shape index (κ2) is 5.56. The van der Waals surface area contributed by atoms with E-state index in [4.69, 9.17) is 11.6 Å². The van der Waals surface area contributed by atoms with Gasteiger partial charge in [-0.3, -0.25) is 9.36 Å². The summed E-state index contributed by atoms with van der Waals surface area (Å²) in [4.78, 5) is 27.9. The maximum absolute atomic E-state index is 13.5. The van der Waals surface area contributed by atoms with Crippen LogP contribution in [0.4, 0.5) is 4.39 Å². The number of nitrogens with zero attached hydrogens (tertiary/aromatic N) is 3. The molecule has 1 aromatic carbocycles. The molecule has 1 aliphatic rings. The molecule has 24 heavy (non-hydrogen) atoms. The van der Waals surface area contributed by atoms with Gasteiger partial charge in [0, 0.05) is 17.8 Å². The summed E-state index contributed by atoms with van der Waals surface area (Å²) >= 11 is 5.89. The summed E-state index contributed by atoms with van der Waals surface area (Å²) in [6.07, 6.45) is 5.98. The lowest BCUT2D eigenvalue weighted by molar-refractivity contribution is -0.108. The number of aromatic nitrogens is 3. The summed E-state index contributed by atoms with van der Waals surface area (Å²) in [5, 5.41) is 0.422. The van der Waals surface area contributed by atoms with Crippen LogP contribution in [0.3, 0.4) is 0 Å². The van der Waals surface area contributed by atoms with Gasteiger partial charge in [0.05, 0.1) is 17.0 Å². The van der Waals surface area contributed by atoms with Crippen molar-refractivity contribution in [3.8, 4) is 11.1 Å². The van der Waals surface area contributed by atoms with E-state index in [-0.39, 0.29) is 17.1 Å². The van der Waals surface area contributed by atoms with Crippen molar-refractivity contribution in [1.82, 2.24) is 14.1 Å². The highest BCUT2D eigenvalue weighted by Gasteiger charge is 2.28. The molecule has 0 unspecified atom stereocenters. The van der Waals surface area contributed by atoms with Crippen molar-refractivity contribution in [2.75, 3.05) is 0 Å². The molecule has 3 aromatic rings. The van der Waals surface area contributed by atoms with Crippen molar-refractivity contribution in [1.29, 1.82) is 0 Å². The number of hydrogen-bond acceptors (Lipinski definition) is 3. The zero-order valence-electron chi connectivity index (χ0n) is 12.6. The molecule has 0 amide bonds. The molecule has 0 aliphatic heterocycles. The molecular formula is C17H13ClFN3O2.